The SMILES string of the molecule is CCCCC/C=C/CSC(Cn1ccnc1)c1ccc(Cl)cc1Cl. The second kappa shape index (κ2) is 10.9. The molecule has 0 fully saturated rings. The molecule has 0 spiro atoms. The van der Waals surface area contributed by atoms with Crippen molar-refractivity contribution in [3.8, 4) is 0 Å². The highest BCUT2D eigenvalue weighted by Gasteiger charge is 2.16. The van der Waals surface area contributed by atoms with Crippen LogP contribution in [0.1, 0.15) is 43.4 Å². The Balaban J connectivity index is 1.98. The standard InChI is InChI=1S/C19H24Cl2N2S/c1-2-3-4-5-6-7-12-24-19(14-23-11-10-22-15-23)17-9-8-16(20)13-18(17)21/h6-11,13,15,19H,2-5,12,14H2,1H3/b7-6+. The van der Waals surface area contributed by atoms with E-state index in [9.17, 15) is 0 Å². The first-order chi connectivity index (χ1) is 11.7. The molecular formula is C19H24Cl2N2S. The lowest BCUT2D eigenvalue weighted by Crippen LogP contribution is -2.06. The van der Waals surface area contributed by atoms with Gasteiger partial charge in [-0.25, -0.2) is 4.98 Å². The zero-order chi connectivity index (χ0) is 17.2. The van der Waals surface area contributed by atoms with Gasteiger partial charge in [-0.2, -0.15) is 0 Å². The molecule has 0 N–H and O–H groups in total. The van der Waals surface area contributed by atoms with Gasteiger partial charge in [0.1, 0.15) is 0 Å². The molecule has 2 rings (SSSR count). The summed E-state index contributed by atoms with van der Waals surface area (Å²) < 4.78 is 2.09. The number of thioether (sulfide) groups is 1. The van der Waals surface area contributed by atoms with Crippen LogP contribution in [0.15, 0.2) is 49.1 Å². The van der Waals surface area contributed by atoms with E-state index in [0.29, 0.717) is 5.02 Å². The molecule has 1 aromatic heterocycles. The van der Waals surface area contributed by atoms with E-state index in [1.165, 1.54) is 25.7 Å². The number of hydrogen-bond donors (Lipinski definition) is 0. The van der Waals surface area contributed by atoms with Crippen LogP contribution in [0, 0.1) is 0 Å². The van der Waals surface area contributed by atoms with Crippen LogP contribution >= 0.6 is 35.0 Å². The summed E-state index contributed by atoms with van der Waals surface area (Å²) in [5, 5.41) is 1.67. The number of unbranched alkanes of at least 4 members (excludes halogenated alkanes) is 3. The van der Waals surface area contributed by atoms with Crippen LogP contribution in [0.4, 0.5) is 0 Å². The Bertz CT molecular complexity index is 626. The molecule has 2 aromatic rings. The van der Waals surface area contributed by atoms with Crippen LogP contribution in [0.25, 0.3) is 0 Å². The average Bonchev–Trinajstić information content (AvgIpc) is 3.06. The van der Waals surface area contributed by atoms with Crippen molar-refractivity contribution in [1.29, 1.82) is 0 Å². The summed E-state index contributed by atoms with van der Waals surface area (Å²) in [4.78, 5) is 4.13. The maximum absolute atomic E-state index is 6.42. The first-order valence-corrected chi connectivity index (χ1v) is 10.2. The lowest BCUT2D eigenvalue weighted by Gasteiger charge is -2.18. The fourth-order valence-electron chi connectivity index (χ4n) is 2.46. The molecule has 0 saturated heterocycles. The summed E-state index contributed by atoms with van der Waals surface area (Å²) in [6.07, 6.45) is 15.2. The van der Waals surface area contributed by atoms with Crippen molar-refractivity contribution < 1.29 is 0 Å². The Morgan fingerprint density at radius 1 is 1.25 bits per heavy atom. The van der Waals surface area contributed by atoms with Crippen LogP contribution < -0.4 is 0 Å². The summed E-state index contributed by atoms with van der Waals surface area (Å²) in [6.45, 7) is 3.08. The Hall–Kier alpha value is -0.900. The van der Waals surface area contributed by atoms with E-state index >= 15 is 0 Å². The van der Waals surface area contributed by atoms with Gasteiger partial charge in [-0.15, -0.1) is 11.8 Å². The van der Waals surface area contributed by atoms with Gasteiger partial charge in [-0.05, 0) is 30.5 Å². The predicted octanol–water partition coefficient (Wildman–Crippen LogP) is 6.80. The van der Waals surface area contributed by atoms with Crippen LogP contribution in [0.5, 0.6) is 0 Å². The molecule has 5 heteroatoms. The van der Waals surface area contributed by atoms with Gasteiger partial charge >= 0.3 is 0 Å². The molecule has 0 aliphatic heterocycles. The number of imidazole rings is 1. The minimum absolute atomic E-state index is 0.268. The number of allylic oxidation sites excluding steroid dienone is 1. The van der Waals surface area contributed by atoms with E-state index in [1.54, 1.807) is 6.20 Å². The number of aromatic nitrogens is 2. The minimum Gasteiger partial charge on any atom is -0.336 e. The van der Waals surface area contributed by atoms with Gasteiger partial charge in [0.2, 0.25) is 0 Å². The van der Waals surface area contributed by atoms with Crippen molar-refractivity contribution in [3.05, 3.63) is 64.7 Å². The van der Waals surface area contributed by atoms with Gasteiger partial charge < -0.3 is 4.57 Å². The maximum Gasteiger partial charge on any atom is 0.0946 e. The first kappa shape index (κ1) is 19.4. The van der Waals surface area contributed by atoms with Crippen LogP contribution in [0.2, 0.25) is 10.0 Å². The van der Waals surface area contributed by atoms with Gasteiger partial charge in [0, 0.05) is 40.0 Å². The number of halogens is 2. The van der Waals surface area contributed by atoms with Crippen LogP contribution in [0.3, 0.4) is 0 Å². The third-order valence-electron chi connectivity index (χ3n) is 3.78. The largest absolute Gasteiger partial charge is 0.336 e. The highest BCUT2D eigenvalue weighted by molar-refractivity contribution is 7.99. The highest BCUT2D eigenvalue weighted by atomic mass is 35.5. The maximum atomic E-state index is 6.42. The molecule has 0 amide bonds. The van der Waals surface area contributed by atoms with Crippen molar-refractivity contribution in [2.75, 3.05) is 5.75 Å². The van der Waals surface area contributed by atoms with E-state index in [1.807, 2.05) is 42.5 Å². The second-order valence-electron chi connectivity index (χ2n) is 5.71. The summed E-state index contributed by atoms with van der Waals surface area (Å²) in [5.41, 5.74) is 1.12. The highest BCUT2D eigenvalue weighted by Crippen LogP contribution is 2.36. The van der Waals surface area contributed by atoms with E-state index < -0.39 is 0 Å². The summed E-state index contributed by atoms with van der Waals surface area (Å²) in [7, 11) is 0. The van der Waals surface area contributed by atoms with Crippen molar-refractivity contribution >= 4 is 35.0 Å². The molecule has 1 unspecified atom stereocenters. The smallest absolute Gasteiger partial charge is 0.0946 e. The van der Waals surface area contributed by atoms with E-state index in [-0.39, 0.29) is 5.25 Å². The van der Waals surface area contributed by atoms with Crippen molar-refractivity contribution in [2.24, 2.45) is 0 Å². The number of hydrogen-bond acceptors (Lipinski definition) is 2. The van der Waals surface area contributed by atoms with Gasteiger partial charge in [-0.3, -0.25) is 0 Å². The van der Waals surface area contributed by atoms with E-state index in [4.69, 9.17) is 23.2 Å². The molecule has 1 aromatic carbocycles. The fourth-order valence-corrected chi connectivity index (χ4v) is 4.21. The van der Waals surface area contributed by atoms with Crippen molar-refractivity contribution in [1.82, 2.24) is 9.55 Å². The lowest BCUT2D eigenvalue weighted by molar-refractivity contribution is 0.684. The zero-order valence-electron chi connectivity index (χ0n) is 14.0. The van der Waals surface area contributed by atoms with Crippen LogP contribution in [-0.4, -0.2) is 15.3 Å². The third-order valence-corrected chi connectivity index (χ3v) is 5.53. The van der Waals surface area contributed by atoms with Gasteiger partial charge in [0.15, 0.2) is 0 Å². The molecule has 2 nitrogen and oxygen atoms in total. The minimum atomic E-state index is 0.268. The molecule has 0 bridgehead atoms. The van der Waals surface area contributed by atoms with Crippen LogP contribution in [-0.2, 0) is 6.54 Å². The van der Waals surface area contributed by atoms with Crippen molar-refractivity contribution in [3.63, 3.8) is 0 Å². The van der Waals surface area contributed by atoms with Gasteiger partial charge in [-0.1, -0.05) is 61.2 Å². The molecule has 1 heterocycles. The van der Waals surface area contributed by atoms with E-state index in [0.717, 1.165) is 22.9 Å². The third kappa shape index (κ3) is 6.54. The molecule has 130 valence electrons. The van der Waals surface area contributed by atoms with Gasteiger partial charge in [0.25, 0.3) is 0 Å². The summed E-state index contributed by atoms with van der Waals surface area (Å²) in [5.74, 6) is 0.977. The molecule has 1 atom stereocenters. The Kier molecular flexibility index (Phi) is 8.79. The van der Waals surface area contributed by atoms with E-state index in [2.05, 4.69) is 28.6 Å². The Labute approximate surface area is 159 Å². The number of nitrogens with zero attached hydrogens (tertiary/aromatic N) is 2. The monoisotopic (exact) mass is 382 g/mol. The quantitative estimate of drug-likeness (QED) is 0.332. The molecule has 0 radical (unpaired) electrons. The average molecular weight is 383 g/mol. The summed E-state index contributed by atoms with van der Waals surface area (Å²) in [6, 6.07) is 5.76. The lowest BCUT2D eigenvalue weighted by atomic mass is 10.1. The fraction of sp³-hybridized carbons (Fsp3) is 0.421. The Morgan fingerprint density at radius 3 is 2.83 bits per heavy atom. The molecule has 24 heavy (non-hydrogen) atoms. The first-order valence-electron chi connectivity index (χ1n) is 8.38. The summed E-state index contributed by atoms with van der Waals surface area (Å²) >= 11 is 14.3. The molecule has 0 aliphatic rings. The second-order valence-corrected chi connectivity index (χ2v) is 7.79. The predicted molar refractivity (Wildman–Crippen MR) is 107 cm³/mol. The normalized spacial score (nSPS) is 12.8. The van der Waals surface area contributed by atoms with Crippen molar-refractivity contribution in [2.45, 2.75) is 44.4 Å². The zero-order valence-corrected chi connectivity index (χ0v) is 16.3. The number of benzene rings is 1. The topological polar surface area (TPSA) is 17.8 Å². The van der Waals surface area contributed by atoms with Gasteiger partial charge in [0.05, 0.1) is 6.33 Å². The number of rotatable bonds is 10. The molecule has 0 aliphatic carbocycles. The Morgan fingerprint density at radius 2 is 2.12 bits per heavy atom. The molecular weight excluding hydrogens is 359 g/mol. The molecule has 0 saturated carbocycles.